The van der Waals surface area contributed by atoms with Crippen LogP contribution in [0.15, 0.2) is 22.5 Å². The Morgan fingerprint density at radius 1 is 1.56 bits per heavy atom. The Kier molecular flexibility index (Phi) is 4.48. The molecule has 1 amide bonds. The summed E-state index contributed by atoms with van der Waals surface area (Å²) in [6.07, 6.45) is 0. The normalized spacial score (nSPS) is 11.1. The van der Waals surface area contributed by atoms with Crippen LogP contribution in [0.1, 0.15) is 13.8 Å². The minimum absolute atomic E-state index is 0.0345. The Labute approximate surface area is 119 Å². The molecule has 0 atom stereocenters. The van der Waals surface area contributed by atoms with Crippen molar-refractivity contribution in [1.82, 2.24) is 10.3 Å². The van der Waals surface area contributed by atoms with E-state index in [4.69, 9.17) is 11.6 Å². The van der Waals surface area contributed by atoms with Gasteiger partial charge in [-0.05, 0) is 32.0 Å². The molecule has 0 unspecified atom stereocenters. The molecule has 0 fully saturated rings. The lowest BCUT2D eigenvalue weighted by atomic mass is 10.3. The molecule has 0 aliphatic carbocycles. The van der Waals surface area contributed by atoms with Gasteiger partial charge in [0.1, 0.15) is 0 Å². The van der Waals surface area contributed by atoms with E-state index < -0.39 is 0 Å². The minimum Gasteiger partial charge on any atom is -0.353 e. The van der Waals surface area contributed by atoms with Crippen molar-refractivity contribution in [3.8, 4) is 0 Å². The Morgan fingerprint density at radius 3 is 3.06 bits per heavy atom. The van der Waals surface area contributed by atoms with Gasteiger partial charge in [-0.15, -0.1) is 11.3 Å². The summed E-state index contributed by atoms with van der Waals surface area (Å²) in [6.45, 7) is 3.89. The van der Waals surface area contributed by atoms with Crippen molar-refractivity contribution in [3.63, 3.8) is 0 Å². The molecule has 2 aromatic rings. The number of thioether (sulfide) groups is 1. The highest BCUT2D eigenvalue weighted by Gasteiger charge is 2.08. The van der Waals surface area contributed by atoms with E-state index in [0.29, 0.717) is 10.8 Å². The van der Waals surface area contributed by atoms with E-state index in [-0.39, 0.29) is 11.9 Å². The molecule has 1 heterocycles. The molecule has 6 heteroatoms. The smallest absolute Gasteiger partial charge is 0.230 e. The van der Waals surface area contributed by atoms with Crippen LogP contribution in [0, 0.1) is 0 Å². The van der Waals surface area contributed by atoms with Crippen LogP contribution in [-0.2, 0) is 4.79 Å². The zero-order chi connectivity index (χ0) is 13.1. The molecule has 0 aliphatic heterocycles. The van der Waals surface area contributed by atoms with E-state index in [0.717, 1.165) is 14.6 Å². The number of halogens is 1. The van der Waals surface area contributed by atoms with Gasteiger partial charge >= 0.3 is 0 Å². The highest BCUT2D eigenvalue weighted by molar-refractivity contribution is 8.01. The summed E-state index contributed by atoms with van der Waals surface area (Å²) in [5.74, 6) is 0.429. The van der Waals surface area contributed by atoms with Gasteiger partial charge in [0.25, 0.3) is 0 Å². The first-order chi connectivity index (χ1) is 8.54. The van der Waals surface area contributed by atoms with Gasteiger partial charge < -0.3 is 5.32 Å². The van der Waals surface area contributed by atoms with Crippen LogP contribution >= 0.6 is 34.7 Å². The van der Waals surface area contributed by atoms with Gasteiger partial charge in [-0.3, -0.25) is 4.79 Å². The van der Waals surface area contributed by atoms with E-state index in [1.54, 1.807) is 11.3 Å². The van der Waals surface area contributed by atoms with Crippen molar-refractivity contribution in [1.29, 1.82) is 0 Å². The highest BCUT2D eigenvalue weighted by Crippen LogP contribution is 2.30. The van der Waals surface area contributed by atoms with Crippen LogP contribution < -0.4 is 5.32 Å². The second-order valence-corrected chi connectivity index (χ2v) is 6.79. The van der Waals surface area contributed by atoms with E-state index in [2.05, 4.69) is 10.3 Å². The van der Waals surface area contributed by atoms with Gasteiger partial charge in [0.2, 0.25) is 5.91 Å². The van der Waals surface area contributed by atoms with Crippen LogP contribution in [0.25, 0.3) is 10.2 Å². The lowest BCUT2D eigenvalue weighted by Crippen LogP contribution is -2.31. The van der Waals surface area contributed by atoms with Crippen molar-refractivity contribution in [2.75, 3.05) is 5.75 Å². The summed E-state index contributed by atoms with van der Waals surface area (Å²) in [5.41, 5.74) is 0.888. The van der Waals surface area contributed by atoms with Crippen LogP contribution in [0.5, 0.6) is 0 Å². The van der Waals surface area contributed by atoms with Crippen molar-refractivity contribution in [3.05, 3.63) is 23.2 Å². The maximum atomic E-state index is 11.5. The van der Waals surface area contributed by atoms with Crippen molar-refractivity contribution >= 4 is 50.8 Å². The standard InChI is InChI=1S/C12H13ClN2OS2/c1-7(2)14-11(16)6-17-12-15-9-5-8(13)3-4-10(9)18-12/h3-5,7H,6H2,1-2H3,(H,14,16). The summed E-state index contributed by atoms with van der Waals surface area (Å²) < 4.78 is 1.98. The van der Waals surface area contributed by atoms with Gasteiger partial charge in [0.05, 0.1) is 16.0 Å². The molecule has 0 bridgehead atoms. The quantitative estimate of drug-likeness (QED) is 0.878. The Morgan fingerprint density at radius 2 is 2.33 bits per heavy atom. The number of thiazole rings is 1. The Bertz CT molecular complexity index is 568. The average molecular weight is 301 g/mol. The molecule has 1 aromatic carbocycles. The molecular weight excluding hydrogens is 288 g/mol. The fourth-order valence-corrected chi connectivity index (χ4v) is 3.46. The van der Waals surface area contributed by atoms with E-state index in [1.807, 2.05) is 32.0 Å². The fourth-order valence-electron chi connectivity index (χ4n) is 1.43. The Hall–Kier alpha value is -0.780. The molecule has 0 saturated heterocycles. The second kappa shape index (κ2) is 5.91. The third-order valence-corrected chi connectivity index (χ3v) is 4.52. The van der Waals surface area contributed by atoms with Gasteiger partial charge in [-0.25, -0.2) is 4.98 Å². The summed E-state index contributed by atoms with van der Waals surface area (Å²) in [4.78, 5) is 16.0. The number of hydrogen-bond acceptors (Lipinski definition) is 4. The number of carbonyl (C=O) groups is 1. The third-order valence-electron chi connectivity index (χ3n) is 2.11. The van der Waals surface area contributed by atoms with Gasteiger partial charge in [0.15, 0.2) is 4.34 Å². The highest BCUT2D eigenvalue weighted by atomic mass is 35.5. The predicted octanol–water partition coefficient (Wildman–Crippen LogP) is 3.57. The molecule has 0 spiro atoms. The fraction of sp³-hybridized carbons (Fsp3) is 0.333. The first-order valence-corrected chi connectivity index (χ1v) is 7.71. The van der Waals surface area contributed by atoms with E-state index in [1.165, 1.54) is 11.8 Å². The van der Waals surface area contributed by atoms with Crippen LogP contribution in [-0.4, -0.2) is 22.7 Å². The zero-order valence-electron chi connectivity index (χ0n) is 10.1. The summed E-state index contributed by atoms with van der Waals surface area (Å²) >= 11 is 8.94. The first kappa shape index (κ1) is 13.6. The lowest BCUT2D eigenvalue weighted by molar-refractivity contribution is -0.119. The molecule has 2 rings (SSSR count). The van der Waals surface area contributed by atoms with Crippen LogP contribution in [0.2, 0.25) is 5.02 Å². The van der Waals surface area contributed by atoms with E-state index in [9.17, 15) is 4.79 Å². The molecule has 1 aromatic heterocycles. The number of hydrogen-bond donors (Lipinski definition) is 1. The van der Waals surface area contributed by atoms with Crippen molar-refractivity contribution in [2.24, 2.45) is 0 Å². The number of nitrogens with one attached hydrogen (secondary N) is 1. The van der Waals surface area contributed by atoms with Crippen molar-refractivity contribution in [2.45, 2.75) is 24.2 Å². The summed E-state index contributed by atoms with van der Waals surface area (Å²) in [5, 5.41) is 3.53. The minimum atomic E-state index is 0.0345. The number of benzene rings is 1. The third kappa shape index (κ3) is 3.60. The largest absolute Gasteiger partial charge is 0.353 e. The second-order valence-electron chi connectivity index (χ2n) is 4.10. The zero-order valence-corrected chi connectivity index (χ0v) is 12.5. The number of nitrogens with zero attached hydrogens (tertiary/aromatic N) is 1. The first-order valence-electron chi connectivity index (χ1n) is 5.53. The lowest BCUT2D eigenvalue weighted by Gasteiger charge is -2.06. The number of rotatable bonds is 4. The monoisotopic (exact) mass is 300 g/mol. The number of fused-ring (bicyclic) bond motifs is 1. The SMILES string of the molecule is CC(C)NC(=O)CSc1nc2cc(Cl)ccc2s1. The Balaban J connectivity index is 2.02. The van der Waals surface area contributed by atoms with Crippen LogP contribution in [0.4, 0.5) is 0 Å². The molecule has 0 aliphatic rings. The maximum absolute atomic E-state index is 11.5. The van der Waals surface area contributed by atoms with Gasteiger partial charge in [-0.1, -0.05) is 23.4 Å². The number of amides is 1. The molecule has 3 nitrogen and oxygen atoms in total. The molecule has 0 saturated carbocycles. The van der Waals surface area contributed by atoms with Gasteiger partial charge in [0, 0.05) is 11.1 Å². The molecular formula is C12H13ClN2OS2. The summed E-state index contributed by atoms with van der Waals surface area (Å²) in [7, 11) is 0. The molecule has 0 radical (unpaired) electrons. The van der Waals surface area contributed by atoms with E-state index >= 15 is 0 Å². The molecule has 96 valence electrons. The topological polar surface area (TPSA) is 42.0 Å². The summed E-state index contributed by atoms with van der Waals surface area (Å²) in [6, 6.07) is 5.81. The average Bonchev–Trinajstić information content (AvgIpc) is 2.67. The van der Waals surface area contributed by atoms with Crippen LogP contribution in [0.3, 0.4) is 0 Å². The van der Waals surface area contributed by atoms with Crippen molar-refractivity contribution < 1.29 is 4.79 Å². The molecule has 1 N–H and O–H groups in total. The maximum Gasteiger partial charge on any atom is 0.230 e. The number of aromatic nitrogens is 1. The predicted molar refractivity (Wildman–Crippen MR) is 78.6 cm³/mol. The number of carbonyl (C=O) groups excluding carboxylic acids is 1. The molecule has 18 heavy (non-hydrogen) atoms. The van der Waals surface area contributed by atoms with Gasteiger partial charge in [-0.2, -0.15) is 0 Å².